The molecule has 0 saturated heterocycles. The van der Waals surface area contributed by atoms with Crippen LogP contribution in [0.1, 0.15) is 39.0 Å². The number of nitrogens with zero attached hydrogens (tertiary/aromatic N) is 1. The number of aromatic nitrogens is 1. The van der Waals surface area contributed by atoms with Gasteiger partial charge in [-0.05, 0) is 30.7 Å². The molecular formula is C13H19ClN2O2S. The zero-order chi connectivity index (χ0) is 13.9. The number of hydrogen-bond acceptors (Lipinski definition) is 3. The van der Waals surface area contributed by atoms with E-state index in [0.717, 1.165) is 19.3 Å². The zero-order valence-electron chi connectivity index (χ0n) is 11.0. The Morgan fingerprint density at radius 2 is 2.11 bits per heavy atom. The third-order valence-electron chi connectivity index (χ3n) is 4.08. The van der Waals surface area contributed by atoms with Crippen molar-refractivity contribution >= 4 is 21.6 Å². The molecule has 19 heavy (non-hydrogen) atoms. The Kier molecular flexibility index (Phi) is 4.48. The third kappa shape index (κ3) is 3.27. The Bertz CT molecular complexity index is 539. The Morgan fingerprint density at radius 3 is 2.68 bits per heavy atom. The highest BCUT2D eigenvalue weighted by Gasteiger charge is 2.33. The van der Waals surface area contributed by atoms with Gasteiger partial charge in [0, 0.05) is 18.9 Å². The van der Waals surface area contributed by atoms with Crippen molar-refractivity contribution in [1.29, 1.82) is 0 Å². The fourth-order valence-electron chi connectivity index (χ4n) is 2.67. The Hall–Kier alpha value is -0.650. The molecule has 0 radical (unpaired) electrons. The number of sulfonamides is 1. The molecule has 1 N–H and O–H groups in total. The first-order valence-electron chi connectivity index (χ1n) is 6.58. The highest BCUT2D eigenvalue weighted by Crippen LogP contribution is 2.40. The molecule has 106 valence electrons. The van der Waals surface area contributed by atoms with E-state index in [1.54, 1.807) is 0 Å². The minimum Gasteiger partial charge on any atom is -0.263 e. The monoisotopic (exact) mass is 302 g/mol. The Balaban J connectivity index is 2.12. The van der Waals surface area contributed by atoms with Crippen LogP contribution >= 0.6 is 11.6 Å². The average Bonchev–Trinajstić information content (AvgIpc) is 2.86. The highest BCUT2D eigenvalue weighted by atomic mass is 35.5. The largest absolute Gasteiger partial charge is 0.263 e. The van der Waals surface area contributed by atoms with Crippen molar-refractivity contribution in [2.24, 2.45) is 5.41 Å². The van der Waals surface area contributed by atoms with Crippen LogP contribution in [0.2, 0.25) is 5.02 Å². The fraction of sp³-hybridized carbons (Fsp3) is 0.615. The summed E-state index contributed by atoms with van der Waals surface area (Å²) in [6, 6.07) is 1.49. The molecule has 4 nitrogen and oxygen atoms in total. The lowest BCUT2D eigenvalue weighted by Crippen LogP contribution is -2.35. The normalized spacial score (nSPS) is 18.6. The second-order valence-electron chi connectivity index (χ2n) is 5.19. The summed E-state index contributed by atoms with van der Waals surface area (Å²) in [5.41, 5.74) is 0.113. The minimum absolute atomic E-state index is 0.0564. The fourth-order valence-corrected chi connectivity index (χ4v) is 4.25. The van der Waals surface area contributed by atoms with Gasteiger partial charge in [-0.25, -0.2) is 13.1 Å². The second-order valence-corrected chi connectivity index (χ2v) is 7.33. The molecule has 0 aliphatic heterocycles. The molecule has 1 heterocycles. The first-order valence-corrected chi connectivity index (χ1v) is 8.44. The van der Waals surface area contributed by atoms with Gasteiger partial charge >= 0.3 is 0 Å². The smallest absolute Gasteiger partial charge is 0.243 e. The standard InChI is InChI=1S/C13H19ClN2O2S/c1-2-13(6-3-4-7-13)10-16-19(17,18)12-9-15-8-5-11(12)14/h5,8-9,16H,2-4,6-7,10H2,1H3. The van der Waals surface area contributed by atoms with Crippen LogP contribution < -0.4 is 4.72 Å². The molecule has 1 aromatic heterocycles. The number of hydrogen-bond donors (Lipinski definition) is 1. The van der Waals surface area contributed by atoms with Crippen molar-refractivity contribution in [1.82, 2.24) is 9.71 Å². The number of nitrogens with one attached hydrogen (secondary N) is 1. The molecule has 1 aliphatic rings. The number of rotatable bonds is 5. The molecule has 1 saturated carbocycles. The summed E-state index contributed by atoms with van der Waals surface area (Å²) < 4.78 is 27.2. The molecule has 0 bridgehead atoms. The van der Waals surface area contributed by atoms with E-state index in [1.165, 1.54) is 31.3 Å². The van der Waals surface area contributed by atoms with Crippen LogP contribution in [0.4, 0.5) is 0 Å². The van der Waals surface area contributed by atoms with E-state index < -0.39 is 10.0 Å². The zero-order valence-corrected chi connectivity index (χ0v) is 12.6. The van der Waals surface area contributed by atoms with E-state index in [4.69, 9.17) is 11.6 Å². The van der Waals surface area contributed by atoms with Gasteiger partial charge in [-0.2, -0.15) is 0 Å². The van der Waals surface area contributed by atoms with E-state index in [9.17, 15) is 8.42 Å². The van der Waals surface area contributed by atoms with Gasteiger partial charge in [-0.1, -0.05) is 31.4 Å². The van der Waals surface area contributed by atoms with Crippen molar-refractivity contribution in [2.45, 2.75) is 43.9 Å². The van der Waals surface area contributed by atoms with Gasteiger partial charge in [0.2, 0.25) is 10.0 Å². The van der Waals surface area contributed by atoms with Crippen LogP contribution in [-0.2, 0) is 10.0 Å². The molecule has 0 aromatic carbocycles. The van der Waals surface area contributed by atoms with E-state index in [0.29, 0.717) is 6.54 Å². The van der Waals surface area contributed by atoms with E-state index in [-0.39, 0.29) is 15.3 Å². The van der Waals surface area contributed by atoms with Gasteiger partial charge in [0.05, 0.1) is 5.02 Å². The molecule has 1 aromatic rings. The number of halogens is 1. The van der Waals surface area contributed by atoms with Crippen molar-refractivity contribution in [3.8, 4) is 0 Å². The maximum Gasteiger partial charge on any atom is 0.243 e. The van der Waals surface area contributed by atoms with Crippen molar-refractivity contribution in [3.05, 3.63) is 23.5 Å². The van der Waals surface area contributed by atoms with Gasteiger partial charge in [0.1, 0.15) is 4.90 Å². The number of pyridine rings is 1. The maximum absolute atomic E-state index is 12.2. The predicted molar refractivity (Wildman–Crippen MR) is 75.6 cm³/mol. The predicted octanol–water partition coefficient (Wildman–Crippen LogP) is 2.98. The minimum atomic E-state index is -3.57. The third-order valence-corrected chi connectivity index (χ3v) is 5.95. The van der Waals surface area contributed by atoms with Gasteiger partial charge in [-0.15, -0.1) is 0 Å². The summed E-state index contributed by atoms with van der Waals surface area (Å²) in [6.07, 6.45) is 8.31. The van der Waals surface area contributed by atoms with E-state index in [2.05, 4.69) is 16.6 Å². The van der Waals surface area contributed by atoms with Gasteiger partial charge in [-0.3, -0.25) is 4.98 Å². The van der Waals surface area contributed by atoms with E-state index >= 15 is 0 Å². The lowest BCUT2D eigenvalue weighted by molar-refractivity contribution is 0.285. The summed E-state index contributed by atoms with van der Waals surface area (Å²) in [4.78, 5) is 3.88. The molecule has 2 rings (SSSR count). The lowest BCUT2D eigenvalue weighted by Gasteiger charge is -2.27. The molecule has 6 heteroatoms. The highest BCUT2D eigenvalue weighted by molar-refractivity contribution is 7.89. The quantitative estimate of drug-likeness (QED) is 0.909. The molecule has 0 unspecified atom stereocenters. The van der Waals surface area contributed by atoms with E-state index in [1.807, 2.05) is 0 Å². The topological polar surface area (TPSA) is 59.1 Å². The SMILES string of the molecule is CCC1(CNS(=O)(=O)c2cnccc2Cl)CCCC1. The van der Waals surface area contributed by atoms with Crippen LogP contribution in [0.3, 0.4) is 0 Å². The van der Waals surface area contributed by atoms with Crippen molar-refractivity contribution in [3.63, 3.8) is 0 Å². The summed E-state index contributed by atoms with van der Waals surface area (Å²) in [5.74, 6) is 0. The molecule has 1 fully saturated rings. The summed E-state index contributed by atoms with van der Waals surface area (Å²) in [5, 5.41) is 0.208. The molecule has 0 spiro atoms. The van der Waals surface area contributed by atoms with Crippen LogP contribution in [0, 0.1) is 5.41 Å². The second kappa shape index (κ2) is 5.77. The van der Waals surface area contributed by atoms with Crippen LogP contribution in [0.15, 0.2) is 23.4 Å². The molecule has 0 amide bonds. The summed E-state index contributed by atoms with van der Waals surface area (Å²) in [7, 11) is -3.57. The van der Waals surface area contributed by atoms with Crippen LogP contribution in [-0.4, -0.2) is 19.9 Å². The first kappa shape index (κ1) is 14.8. The molecular weight excluding hydrogens is 284 g/mol. The van der Waals surface area contributed by atoms with Gasteiger partial charge in [0.25, 0.3) is 0 Å². The summed E-state index contributed by atoms with van der Waals surface area (Å²) in [6.45, 7) is 2.60. The Labute approximate surface area is 119 Å². The van der Waals surface area contributed by atoms with Crippen molar-refractivity contribution < 1.29 is 8.42 Å². The molecule has 0 atom stereocenters. The summed E-state index contributed by atoms with van der Waals surface area (Å²) >= 11 is 5.91. The maximum atomic E-state index is 12.2. The molecule has 1 aliphatic carbocycles. The van der Waals surface area contributed by atoms with Gasteiger partial charge in [0.15, 0.2) is 0 Å². The lowest BCUT2D eigenvalue weighted by atomic mass is 9.84. The van der Waals surface area contributed by atoms with Crippen molar-refractivity contribution in [2.75, 3.05) is 6.54 Å². The van der Waals surface area contributed by atoms with Crippen LogP contribution in [0.5, 0.6) is 0 Å². The van der Waals surface area contributed by atoms with Crippen LogP contribution in [0.25, 0.3) is 0 Å². The average molecular weight is 303 g/mol. The first-order chi connectivity index (χ1) is 8.99. The Morgan fingerprint density at radius 1 is 1.42 bits per heavy atom. The van der Waals surface area contributed by atoms with Gasteiger partial charge < -0.3 is 0 Å².